The van der Waals surface area contributed by atoms with Crippen molar-refractivity contribution in [3.05, 3.63) is 66.1 Å². The molecule has 126 valence electrons. The van der Waals surface area contributed by atoms with E-state index in [1.54, 1.807) is 18.3 Å². The van der Waals surface area contributed by atoms with Crippen molar-refractivity contribution >= 4 is 22.7 Å². The number of carbonyl (C=O) groups excluding carboxylic acids is 2. The zero-order valence-electron chi connectivity index (χ0n) is 13.0. The molecule has 4 rings (SSSR count). The van der Waals surface area contributed by atoms with Crippen molar-refractivity contribution in [1.82, 2.24) is 15.2 Å². The minimum Gasteiger partial charge on any atom is -0.494 e. The van der Waals surface area contributed by atoms with E-state index in [0.29, 0.717) is 10.9 Å². The summed E-state index contributed by atoms with van der Waals surface area (Å²) in [5.41, 5.74) is -1.01. The van der Waals surface area contributed by atoms with E-state index >= 15 is 0 Å². The molecular formula is C18H14FN3O3. The van der Waals surface area contributed by atoms with Crippen LogP contribution in [0.15, 0.2) is 54.7 Å². The summed E-state index contributed by atoms with van der Waals surface area (Å²) in [6.07, 6.45) is 1.70. The highest BCUT2D eigenvalue weighted by Crippen LogP contribution is 2.33. The van der Waals surface area contributed by atoms with Crippen molar-refractivity contribution in [3.63, 3.8) is 0 Å². The van der Waals surface area contributed by atoms with Gasteiger partial charge < -0.3 is 15.0 Å². The van der Waals surface area contributed by atoms with Crippen LogP contribution in [0.3, 0.4) is 0 Å². The van der Waals surface area contributed by atoms with E-state index in [9.17, 15) is 19.1 Å². The third-order valence-corrected chi connectivity index (χ3v) is 4.45. The number of carbonyl (C=O) groups is 2. The van der Waals surface area contributed by atoms with Crippen molar-refractivity contribution in [3.8, 4) is 5.88 Å². The Balaban J connectivity index is 1.84. The van der Waals surface area contributed by atoms with Gasteiger partial charge in [0.2, 0.25) is 0 Å². The number of nitrogens with one attached hydrogen (secondary N) is 2. The summed E-state index contributed by atoms with van der Waals surface area (Å²) in [7, 11) is 0. The van der Waals surface area contributed by atoms with Crippen molar-refractivity contribution in [2.45, 2.75) is 12.1 Å². The van der Waals surface area contributed by atoms with Gasteiger partial charge in [-0.25, -0.2) is 9.18 Å². The normalized spacial score (nSPS) is 19.9. The van der Waals surface area contributed by atoms with E-state index in [2.05, 4.69) is 10.6 Å². The molecule has 0 bridgehead atoms. The maximum Gasteiger partial charge on any atom is 0.322 e. The maximum atomic E-state index is 13.3. The number of fused-ring (bicyclic) bond motifs is 1. The van der Waals surface area contributed by atoms with Gasteiger partial charge in [0.15, 0.2) is 11.4 Å². The van der Waals surface area contributed by atoms with Crippen molar-refractivity contribution in [1.29, 1.82) is 0 Å². The SMILES string of the molecule is O=C1NC(=O)[C@@](Cn2cc3ccccc3c2O)(c2ccc(F)cc2)N1. The molecule has 1 aromatic heterocycles. The molecule has 3 aromatic rings. The van der Waals surface area contributed by atoms with E-state index in [0.717, 1.165) is 5.39 Å². The van der Waals surface area contributed by atoms with Crippen LogP contribution in [-0.2, 0) is 16.9 Å². The lowest BCUT2D eigenvalue weighted by atomic mass is 9.89. The summed E-state index contributed by atoms with van der Waals surface area (Å²) in [6, 6.07) is 11.9. The van der Waals surface area contributed by atoms with Crippen LogP contribution in [0.4, 0.5) is 9.18 Å². The molecule has 2 aromatic carbocycles. The Hall–Kier alpha value is -3.35. The molecule has 0 saturated carbocycles. The van der Waals surface area contributed by atoms with Gasteiger partial charge in [0, 0.05) is 17.0 Å². The number of rotatable bonds is 3. The fourth-order valence-electron chi connectivity index (χ4n) is 3.20. The van der Waals surface area contributed by atoms with Crippen LogP contribution in [-0.4, -0.2) is 21.6 Å². The van der Waals surface area contributed by atoms with Gasteiger partial charge in [0.25, 0.3) is 5.91 Å². The third-order valence-electron chi connectivity index (χ3n) is 4.45. The summed E-state index contributed by atoms with van der Waals surface area (Å²) < 4.78 is 14.8. The number of aromatic nitrogens is 1. The topological polar surface area (TPSA) is 83.4 Å². The number of aromatic hydroxyl groups is 1. The summed E-state index contributed by atoms with van der Waals surface area (Å²) >= 11 is 0. The first-order valence-electron chi connectivity index (χ1n) is 7.66. The van der Waals surface area contributed by atoms with E-state index in [1.165, 1.54) is 28.8 Å². The monoisotopic (exact) mass is 339 g/mol. The van der Waals surface area contributed by atoms with Crippen LogP contribution in [0.25, 0.3) is 10.8 Å². The number of hydrogen-bond donors (Lipinski definition) is 3. The molecule has 1 fully saturated rings. The molecule has 0 spiro atoms. The highest BCUT2D eigenvalue weighted by atomic mass is 19.1. The zero-order valence-corrected chi connectivity index (χ0v) is 13.0. The minimum absolute atomic E-state index is 0.00830. The van der Waals surface area contributed by atoms with E-state index in [-0.39, 0.29) is 12.4 Å². The highest BCUT2D eigenvalue weighted by molar-refractivity contribution is 6.07. The highest BCUT2D eigenvalue weighted by Gasteiger charge is 2.48. The number of halogens is 1. The van der Waals surface area contributed by atoms with Crippen LogP contribution >= 0.6 is 0 Å². The zero-order chi connectivity index (χ0) is 17.6. The average molecular weight is 339 g/mol. The fourth-order valence-corrected chi connectivity index (χ4v) is 3.20. The van der Waals surface area contributed by atoms with Gasteiger partial charge in [-0.2, -0.15) is 0 Å². The van der Waals surface area contributed by atoms with Crippen LogP contribution in [0, 0.1) is 5.82 Å². The van der Waals surface area contributed by atoms with Crippen LogP contribution in [0.5, 0.6) is 5.88 Å². The van der Waals surface area contributed by atoms with Crippen LogP contribution in [0.1, 0.15) is 5.56 Å². The van der Waals surface area contributed by atoms with Gasteiger partial charge in [-0.1, -0.05) is 30.3 Å². The Morgan fingerprint density at radius 3 is 2.44 bits per heavy atom. The molecule has 0 radical (unpaired) electrons. The van der Waals surface area contributed by atoms with E-state index in [4.69, 9.17) is 0 Å². The molecule has 2 heterocycles. The molecule has 0 unspecified atom stereocenters. The second kappa shape index (κ2) is 5.34. The van der Waals surface area contributed by atoms with Gasteiger partial charge in [-0.05, 0) is 23.8 Å². The van der Waals surface area contributed by atoms with Gasteiger partial charge in [0.05, 0.1) is 6.54 Å². The largest absolute Gasteiger partial charge is 0.494 e. The van der Waals surface area contributed by atoms with Crippen LogP contribution in [0.2, 0.25) is 0 Å². The smallest absolute Gasteiger partial charge is 0.322 e. The Morgan fingerprint density at radius 2 is 1.80 bits per heavy atom. The molecule has 0 aliphatic carbocycles. The molecule has 7 heteroatoms. The Kier molecular flexibility index (Phi) is 3.24. The van der Waals surface area contributed by atoms with Gasteiger partial charge in [-0.3, -0.25) is 10.1 Å². The number of imide groups is 1. The Morgan fingerprint density at radius 1 is 1.08 bits per heavy atom. The Labute approximate surface area is 141 Å². The molecular weight excluding hydrogens is 325 g/mol. The molecule has 1 aliphatic heterocycles. The van der Waals surface area contributed by atoms with Crippen LogP contribution < -0.4 is 10.6 Å². The van der Waals surface area contributed by atoms with Gasteiger partial charge in [-0.15, -0.1) is 0 Å². The number of benzene rings is 2. The summed E-state index contributed by atoms with van der Waals surface area (Å²) in [5.74, 6) is -1.01. The van der Waals surface area contributed by atoms with Gasteiger partial charge in [0.1, 0.15) is 5.82 Å². The number of amides is 3. The number of hydrogen-bond acceptors (Lipinski definition) is 3. The molecule has 1 aliphatic rings. The first kappa shape index (κ1) is 15.2. The number of nitrogens with zero attached hydrogens (tertiary/aromatic N) is 1. The quantitative estimate of drug-likeness (QED) is 0.640. The molecule has 25 heavy (non-hydrogen) atoms. The lowest BCUT2D eigenvalue weighted by Gasteiger charge is -2.27. The lowest BCUT2D eigenvalue weighted by molar-refractivity contribution is -0.124. The van der Waals surface area contributed by atoms with E-state index < -0.39 is 23.3 Å². The third kappa shape index (κ3) is 2.32. The summed E-state index contributed by atoms with van der Waals surface area (Å²) in [6.45, 7) is -0.0310. The average Bonchev–Trinajstić information content (AvgIpc) is 3.06. The second-order valence-electron chi connectivity index (χ2n) is 5.99. The second-order valence-corrected chi connectivity index (χ2v) is 5.99. The standard InChI is InChI=1S/C18H14FN3O3/c19-13-7-5-12(6-8-13)18(16(24)20-17(25)21-18)10-22-9-11-3-1-2-4-14(11)15(22)23/h1-9,23H,10H2,(H2,20,21,24,25)/t18-/m1/s1. The number of urea groups is 1. The summed E-state index contributed by atoms with van der Waals surface area (Å²) in [5, 5.41) is 16.7. The van der Waals surface area contributed by atoms with Gasteiger partial charge >= 0.3 is 6.03 Å². The lowest BCUT2D eigenvalue weighted by Crippen LogP contribution is -2.47. The van der Waals surface area contributed by atoms with Crippen molar-refractivity contribution in [2.24, 2.45) is 0 Å². The molecule has 3 N–H and O–H groups in total. The maximum absolute atomic E-state index is 13.3. The minimum atomic E-state index is -1.43. The molecule has 1 atom stereocenters. The van der Waals surface area contributed by atoms with E-state index in [1.807, 2.05) is 12.1 Å². The first-order chi connectivity index (χ1) is 12.0. The Bertz CT molecular complexity index is 996. The summed E-state index contributed by atoms with van der Waals surface area (Å²) in [4.78, 5) is 24.3. The molecule has 3 amide bonds. The molecule has 6 nitrogen and oxygen atoms in total. The predicted octanol–water partition coefficient (Wildman–Crippen LogP) is 2.22. The van der Waals surface area contributed by atoms with Crippen molar-refractivity contribution < 1.29 is 19.1 Å². The fraction of sp³-hybridized carbons (Fsp3) is 0.111. The predicted molar refractivity (Wildman–Crippen MR) is 88.4 cm³/mol. The first-order valence-corrected chi connectivity index (χ1v) is 7.66. The molecule has 1 saturated heterocycles. The van der Waals surface area contributed by atoms with Crippen molar-refractivity contribution in [2.75, 3.05) is 0 Å².